The van der Waals surface area contributed by atoms with Gasteiger partial charge < -0.3 is 10.0 Å². The van der Waals surface area contributed by atoms with Crippen LogP contribution in [0.25, 0.3) is 0 Å². The van der Waals surface area contributed by atoms with Gasteiger partial charge in [-0.3, -0.25) is 4.79 Å². The molecule has 0 bridgehead atoms. The topological polar surface area (TPSA) is 57.6 Å². The summed E-state index contributed by atoms with van der Waals surface area (Å²) in [6, 6.07) is -0.564. The Balaban J connectivity index is 1.88. The van der Waals surface area contributed by atoms with E-state index in [9.17, 15) is 9.59 Å². The van der Waals surface area contributed by atoms with E-state index in [1.54, 1.807) is 4.90 Å². The summed E-state index contributed by atoms with van der Waals surface area (Å²) >= 11 is 0. The molecule has 1 unspecified atom stereocenters. The molecule has 2 aliphatic rings. The molecule has 0 aromatic heterocycles. The van der Waals surface area contributed by atoms with Gasteiger partial charge in [0.1, 0.15) is 6.04 Å². The predicted molar refractivity (Wildman–Crippen MR) is 63.6 cm³/mol. The van der Waals surface area contributed by atoms with Crippen LogP contribution in [0.4, 0.5) is 0 Å². The van der Waals surface area contributed by atoms with E-state index in [4.69, 9.17) is 5.11 Å². The van der Waals surface area contributed by atoms with Crippen molar-refractivity contribution in [3.05, 3.63) is 0 Å². The summed E-state index contributed by atoms with van der Waals surface area (Å²) in [6.07, 6.45) is 8.00. The third-order valence-corrected chi connectivity index (χ3v) is 4.05. The van der Waals surface area contributed by atoms with Crippen LogP contribution < -0.4 is 0 Å². The van der Waals surface area contributed by atoms with E-state index in [2.05, 4.69) is 0 Å². The number of hydrogen-bond acceptors (Lipinski definition) is 2. The second-order valence-electron chi connectivity index (χ2n) is 5.29. The van der Waals surface area contributed by atoms with Gasteiger partial charge in [-0.15, -0.1) is 0 Å². The van der Waals surface area contributed by atoms with Gasteiger partial charge in [0.15, 0.2) is 0 Å². The van der Waals surface area contributed by atoms with E-state index in [1.165, 1.54) is 19.3 Å². The molecule has 1 N–H and O–H groups in total. The number of carboxylic acids is 1. The third kappa shape index (κ3) is 2.99. The first kappa shape index (κ1) is 12.4. The maximum absolute atomic E-state index is 12.1. The van der Waals surface area contributed by atoms with E-state index in [0.29, 0.717) is 25.3 Å². The number of likely N-dealkylation sites (tertiary alicyclic amines) is 1. The average molecular weight is 239 g/mol. The van der Waals surface area contributed by atoms with Gasteiger partial charge in [0, 0.05) is 13.0 Å². The van der Waals surface area contributed by atoms with Gasteiger partial charge in [-0.1, -0.05) is 19.3 Å². The Morgan fingerprint density at radius 2 is 1.76 bits per heavy atom. The van der Waals surface area contributed by atoms with Crippen LogP contribution in [-0.4, -0.2) is 34.5 Å². The number of amides is 1. The molecular formula is C13H21NO3. The molecule has 2 rings (SSSR count). The fourth-order valence-corrected chi connectivity index (χ4v) is 3.08. The van der Waals surface area contributed by atoms with Gasteiger partial charge in [-0.25, -0.2) is 4.79 Å². The van der Waals surface area contributed by atoms with Crippen molar-refractivity contribution in [3.63, 3.8) is 0 Å². The highest BCUT2D eigenvalue weighted by Gasteiger charge is 2.34. The molecule has 1 atom stereocenters. The Kier molecular flexibility index (Phi) is 4.02. The molecular weight excluding hydrogens is 218 g/mol. The summed E-state index contributed by atoms with van der Waals surface area (Å²) in [7, 11) is 0. The predicted octanol–water partition coefficient (Wildman–Crippen LogP) is 2.03. The Bertz CT molecular complexity index is 297. The molecule has 4 nitrogen and oxygen atoms in total. The van der Waals surface area contributed by atoms with E-state index < -0.39 is 12.0 Å². The van der Waals surface area contributed by atoms with E-state index >= 15 is 0 Å². The van der Waals surface area contributed by atoms with Gasteiger partial charge in [0.2, 0.25) is 5.91 Å². The molecule has 1 aliphatic heterocycles. The average Bonchev–Trinajstić information content (AvgIpc) is 2.79. The molecule has 1 saturated carbocycles. The first-order valence-electron chi connectivity index (χ1n) is 6.71. The molecule has 1 heterocycles. The van der Waals surface area contributed by atoms with Gasteiger partial charge in [0.25, 0.3) is 0 Å². The molecule has 0 aromatic rings. The second-order valence-corrected chi connectivity index (χ2v) is 5.29. The van der Waals surface area contributed by atoms with E-state index in [0.717, 1.165) is 19.3 Å². The van der Waals surface area contributed by atoms with Crippen LogP contribution in [0.3, 0.4) is 0 Å². The van der Waals surface area contributed by atoms with Gasteiger partial charge in [0.05, 0.1) is 0 Å². The molecule has 1 amide bonds. The second kappa shape index (κ2) is 5.52. The van der Waals surface area contributed by atoms with Crippen molar-refractivity contribution in [1.82, 2.24) is 4.90 Å². The monoisotopic (exact) mass is 239 g/mol. The Labute approximate surface area is 102 Å². The zero-order valence-electron chi connectivity index (χ0n) is 10.2. The summed E-state index contributed by atoms with van der Waals surface area (Å²) in [4.78, 5) is 24.7. The minimum absolute atomic E-state index is 0.0572. The summed E-state index contributed by atoms with van der Waals surface area (Å²) < 4.78 is 0. The Hall–Kier alpha value is -1.06. The summed E-state index contributed by atoms with van der Waals surface area (Å²) in [5, 5.41) is 9.04. The highest BCUT2D eigenvalue weighted by atomic mass is 16.4. The SMILES string of the molecule is O=C(O)C1CCCN1C(=O)CC1CCCCC1. The minimum Gasteiger partial charge on any atom is -0.480 e. The fraction of sp³-hybridized carbons (Fsp3) is 0.846. The molecule has 96 valence electrons. The van der Waals surface area contributed by atoms with Crippen molar-refractivity contribution < 1.29 is 14.7 Å². The lowest BCUT2D eigenvalue weighted by atomic mass is 9.86. The standard InChI is InChI=1S/C13H21NO3/c15-12(9-10-5-2-1-3-6-10)14-8-4-7-11(14)13(16)17/h10-11H,1-9H2,(H,16,17). The molecule has 0 spiro atoms. The maximum Gasteiger partial charge on any atom is 0.326 e. The highest BCUT2D eigenvalue weighted by molar-refractivity contribution is 5.84. The minimum atomic E-state index is -0.848. The summed E-state index contributed by atoms with van der Waals surface area (Å²) in [5.74, 6) is -0.299. The quantitative estimate of drug-likeness (QED) is 0.819. The Morgan fingerprint density at radius 3 is 2.41 bits per heavy atom. The molecule has 1 saturated heterocycles. The summed E-state index contributed by atoms with van der Waals surface area (Å²) in [5.41, 5.74) is 0. The molecule has 17 heavy (non-hydrogen) atoms. The number of aliphatic carboxylic acids is 1. The van der Waals surface area contributed by atoms with Crippen LogP contribution in [0.5, 0.6) is 0 Å². The number of hydrogen-bond donors (Lipinski definition) is 1. The van der Waals surface area contributed by atoms with Crippen molar-refractivity contribution in [2.75, 3.05) is 6.54 Å². The lowest BCUT2D eigenvalue weighted by Crippen LogP contribution is -2.41. The normalized spacial score (nSPS) is 26.1. The van der Waals surface area contributed by atoms with Crippen LogP contribution >= 0.6 is 0 Å². The van der Waals surface area contributed by atoms with Gasteiger partial charge >= 0.3 is 5.97 Å². The molecule has 4 heteroatoms. The zero-order chi connectivity index (χ0) is 12.3. The number of carbonyl (C=O) groups excluding carboxylic acids is 1. The van der Waals surface area contributed by atoms with E-state index in [1.807, 2.05) is 0 Å². The molecule has 1 aliphatic carbocycles. The van der Waals surface area contributed by atoms with Crippen molar-refractivity contribution >= 4 is 11.9 Å². The lowest BCUT2D eigenvalue weighted by molar-refractivity contribution is -0.148. The van der Waals surface area contributed by atoms with E-state index in [-0.39, 0.29) is 5.91 Å². The van der Waals surface area contributed by atoms with Crippen molar-refractivity contribution in [2.45, 2.75) is 57.4 Å². The van der Waals surface area contributed by atoms with Crippen LogP contribution in [0, 0.1) is 5.92 Å². The first-order chi connectivity index (χ1) is 8.18. The van der Waals surface area contributed by atoms with Crippen LogP contribution in [0.1, 0.15) is 51.4 Å². The number of carbonyl (C=O) groups is 2. The Morgan fingerprint density at radius 1 is 1.06 bits per heavy atom. The largest absolute Gasteiger partial charge is 0.480 e. The van der Waals surface area contributed by atoms with Crippen molar-refractivity contribution in [1.29, 1.82) is 0 Å². The van der Waals surface area contributed by atoms with Gasteiger partial charge in [-0.2, -0.15) is 0 Å². The summed E-state index contributed by atoms with van der Waals surface area (Å²) in [6.45, 7) is 0.628. The maximum atomic E-state index is 12.1. The fourth-order valence-electron chi connectivity index (χ4n) is 3.08. The lowest BCUT2D eigenvalue weighted by Gasteiger charge is -2.26. The highest BCUT2D eigenvalue weighted by Crippen LogP contribution is 2.28. The van der Waals surface area contributed by atoms with Crippen LogP contribution in [0.15, 0.2) is 0 Å². The molecule has 0 radical (unpaired) electrons. The van der Waals surface area contributed by atoms with Crippen molar-refractivity contribution in [3.8, 4) is 0 Å². The number of carboxylic acid groups (broad SMARTS) is 1. The smallest absolute Gasteiger partial charge is 0.326 e. The number of nitrogens with zero attached hydrogens (tertiary/aromatic N) is 1. The third-order valence-electron chi connectivity index (χ3n) is 4.05. The van der Waals surface area contributed by atoms with Crippen LogP contribution in [0.2, 0.25) is 0 Å². The van der Waals surface area contributed by atoms with Crippen molar-refractivity contribution in [2.24, 2.45) is 5.92 Å². The molecule has 0 aromatic carbocycles. The first-order valence-corrected chi connectivity index (χ1v) is 6.71. The number of rotatable bonds is 3. The molecule has 2 fully saturated rings. The zero-order valence-corrected chi connectivity index (χ0v) is 10.2. The van der Waals surface area contributed by atoms with Crippen LogP contribution in [-0.2, 0) is 9.59 Å². The van der Waals surface area contributed by atoms with Gasteiger partial charge in [-0.05, 0) is 31.6 Å².